The monoisotopic (exact) mass is 924 g/mol. The molecule has 0 amide bonds. The van der Waals surface area contributed by atoms with Crippen molar-refractivity contribution in [2.75, 3.05) is 4.90 Å². The largest absolute Gasteiger partial charge is 0.455 e. The molecule has 1 aliphatic heterocycles. The highest BCUT2D eigenvalue weighted by Gasteiger charge is 2.37. The second kappa shape index (κ2) is 16.6. The summed E-state index contributed by atoms with van der Waals surface area (Å²) in [5.74, 6) is 0. The predicted molar refractivity (Wildman–Crippen MR) is 288 cm³/mol. The topological polar surface area (TPSA) is 29.3 Å². The number of pyridine rings is 1. The molecule has 2 aromatic heterocycles. The van der Waals surface area contributed by atoms with E-state index in [1.807, 2.05) is 42.4 Å². The van der Waals surface area contributed by atoms with E-state index in [2.05, 4.69) is 206 Å². The van der Waals surface area contributed by atoms with E-state index in [9.17, 15) is 0 Å². The van der Waals surface area contributed by atoms with E-state index in [1.165, 1.54) is 76.6 Å². The molecule has 0 bridgehead atoms. The van der Waals surface area contributed by atoms with E-state index >= 15 is 0 Å². The van der Waals surface area contributed by atoms with Crippen molar-refractivity contribution >= 4 is 62.4 Å². The van der Waals surface area contributed by atoms with Gasteiger partial charge in [0.25, 0.3) is 0 Å². The second-order valence-electron chi connectivity index (χ2n) is 18.8. The van der Waals surface area contributed by atoms with Gasteiger partial charge in [0.05, 0.1) is 0 Å². The zero-order chi connectivity index (χ0) is 46.2. The molecule has 69 heavy (non-hydrogen) atoms. The number of benzene rings is 9. The summed E-state index contributed by atoms with van der Waals surface area (Å²) in [6.07, 6.45) is 5.30. The molecule has 0 radical (unpaired) electrons. The molecular weight excluding hydrogens is 880 g/mol. The Labute approximate surface area is 411 Å². The Bertz CT molecular complexity index is 3830. The van der Waals surface area contributed by atoms with Crippen molar-refractivity contribution in [3.8, 4) is 44.5 Å². The van der Waals surface area contributed by atoms with E-state index in [4.69, 9.17) is 16.0 Å². The Morgan fingerprint density at radius 2 is 1.19 bits per heavy atom. The lowest BCUT2D eigenvalue weighted by Crippen LogP contribution is -2.16. The van der Waals surface area contributed by atoms with Crippen molar-refractivity contribution in [2.45, 2.75) is 41.9 Å². The summed E-state index contributed by atoms with van der Waals surface area (Å²) in [5, 5.41) is 2.86. The minimum atomic E-state index is -0.172. The van der Waals surface area contributed by atoms with Gasteiger partial charge in [0.2, 0.25) is 0 Å². The van der Waals surface area contributed by atoms with Gasteiger partial charge in [-0.25, -0.2) is 0 Å². The number of para-hydroxylation sites is 1. The molecule has 0 spiro atoms. The van der Waals surface area contributed by atoms with Gasteiger partial charge in [0, 0.05) is 71.6 Å². The van der Waals surface area contributed by atoms with Crippen LogP contribution in [0.1, 0.15) is 47.2 Å². The van der Waals surface area contributed by atoms with Crippen molar-refractivity contribution in [3.63, 3.8) is 0 Å². The average Bonchev–Trinajstić information content (AvgIpc) is 3.87. The van der Waals surface area contributed by atoms with Crippen LogP contribution >= 0.6 is 23.4 Å². The third-order valence-electron chi connectivity index (χ3n) is 14.3. The lowest BCUT2D eigenvalue weighted by atomic mass is 9.79. The summed E-state index contributed by atoms with van der Waals surface area (Å²) in [6, 6.07) is 73.0. The Kier molecular flexibility index (Phi) is 9.97. The van der Waals surface area contributed by atoms with Crippen LogP contribution in [0, 0.1) is 0 Å². The minimum Gasteiger partial charge on any atom is -0.455 e. The molecule has 0 fully saturated rings. The highest BCUT2D eigenvalue weighted by Crippen LogP contribution is 2.53. The van der Waals surface area contributed by atoms with Gasteiger partial charge in [-0.2, -0.15) is 0 Å². The number of hydrogen-bond acceptors (Lipinski definition) is 4. The summed E-state index contributed by atoms with van der Waals surface area (Å²) >= 11 is 8.65. The predicted octanol–water partition coefficient (Wildman–Crippen LogP) is 18.1. The maximum absolute atomic E-state index is 6.81. The Morgan fingerprint density at radius 3 is 2.01 bits per heavy atom. The van der Waals surface area contributed by atoms with E-state index < -0.39 is 0 Å². The molecule has 11 aromatic rings. The van der Waals surface area contributed by atoms with Gasteiger partial charge in [0.1, 0.15) is 11.2 Å². The summed E-state index contributed by atoms with van der Waals surface area (Å²) < 4.78 is 6.72. The summed E-state index contributed by atoms with van der Waals surface area (Å²) in [5.41, 5.74) is 22.0. The van der Waals surface area contributed by atoms with Crippen LogP contribution in [-0.2, 0) is 18.3 Å². The molecule has 3 nitrogen and oxygen atoms in total. The van der Waals surface area contributed by atoms with Crippen LogP contribution in [-0.4, -0.2) is 4.98 Å². The number of rotatable bonds is 5. The highest BCUT2D eigenvalue weighted by molar-refractivity contribution is 7.99. The van der Waals surface area contributed by atoms with Crippen molar-refractivity contribution in [2.24, 2.45) is 0 Å². The Morgan fingerprint density at radius 1 is 0.493 bits per heavy atom. The number of aromatic nitrogens is 1. The quantitative estimate of drug-likeness (QED) is 0.172. The van der Waals surface area contributed by atoms with Gasteiger partial charge in [0.15, 0.2) is 0 Å². The molecule has 13 rings (SSSR count). The fraction of sp³-hybridized carbons (Fsp3) is 0.0781. The fourth-order valence-electron chi connectivity index (χ4n) is 11.1. The summed E-state index contributed by atoms with van der Waals surface area (Å²) in [6.45, 7) is 4.74. The molecule has 9 aromatic carbocycles. The molecule has 0 unspecified atom stereocenters. The third-order valence-corrected chi connectivity index (χ3v) is 15.8. The first-order valence-electron chi connectivity index (χ1n) is 23.6. The molecule has 0 atom stereocenters. The van der Waals surface area contributed by atoms with Crippen molar-refractivity contribution < 1.29 is 4.42 Å². The van der Waals surface area contributed by atoms with Gasteiger partial charge in [-0.05, 0) is 146 Å². The molecule has 0 saturated heterocycles. The molecule has 3 heterocycles. The number of anilines is 3. The zero-order valence-corrected chi connectivity index (χ0v) is 39.8. The van der Waals surface area contributed by atoms with Crippen molar-refractivity contribution in [3.05, 3.63) is 251 Å². The Hall–Kier alpha value is -7.63. The SMILES string of the molecule is CC1(C)c2ccccc2-c2cccc(-c3cccc(N(c4ccc5c(c4)Sc4ccc(Cl)cc4Cc4ccccc4-c4ccccc4C5)c4cc(-c5cccnc5)c5oc6ccccc6c5c4)c3)c21. The lowest BCUT2D eigenvalue weighted by molar-refractivity contribution is 0.662. The second-order valence-corrected chi connectivity index (χ2v) is 20.3. The van der Waals surface area contributed by atoms with Crippen LogP contribution in [0.3, 0.4) is 0 Å². The fourth-order valence-corrected chi connectivity index (χ4v) is 12.4. The van der Waals surface area contributed by atoms with Crippen LogP contribution in [0.25, 0.3) is 66.4 Å². The highest BCUT2D eigenvalue weighted by atomic mass is 35.5. The van der Waals surface area contributed by atoms with Gasteiger partial charge >= 0.3 is 0 Å². The normalized spacial score (nSPS) is 13.4. The van der Waals surface area contributed by atoms with Gasteiger partial charge in [-0.1, -0.05) is 171 Å². The first-order valence-corrected chi connectivity index (χ1v) is 24.8. The molecule has 2 aliphatic rings. The third kappa shape index (κ3) is 7.09. The van der Waals surface area contributed by atoms with Crippen LogP contribution in [0.2, 0.25) is 5.02 Å². The number of nitrogens with zero attached hydrogens (tertiary/aromatic N) is 2. The van der Waals surface area contributed by atoms with Crippen LogP contribution in [0.5, 0.6) is 0 Å². The minimum absolute atomic E-state index is 0.172. The van der Waals surface area contributed by atoms with E-state index in [0.717, 1.165) is 68.0 Å². The molecule has 0 N–H and O–H groups in total. The maximum Gasteiger partial charge on any atom is 0.143 e. The van der Waals surface area contributed by atoms with Gasteiger partial charge < -0.3 is 9.32 Å². The molecule has 330 valence electrons. The van der Waals surface area contributed by atoms with Gasteiger partial charge in [-0.15, -0.1) is 0 Å². The molecule has 5 heteroatoms. The number of fused-ring (bicyclic) bond motifs is 11. The number of furan rings is 1. The Balaban J connectivity index is 1.05. The summed E-state index contributed by atoms with van der Waals surface area (Å²) in [7, 11) is 0. The maximum atomic E-state index is 6.81. The first-order chi connectivity index (χ1) is 33.9. The smallest absolute Gasteiger partial charge is 0.143 e. The zero-order valence-electron chi connectivity index (χ0n) is 38.2. The molecular formula is C64H45ClN2OS. The first kappa shape index (κ1) is 41.5. The number of halogens is 1. The van der Waals surface area contributed by atoms with Crippen LogP contribution in [0.4, 0.5) is 17.1 Å². The number of hydrogen-bond donors (Lipinski definition) is 0. The van der Waals surface area contributed by atoms with E-state index in [-0.39, 0.29) is 5.41 Å². The van der Waals surface area contributed by atoms with Crippen molar-refractivity contribution in [1.29, 1.82) is 0 Å². The van der Waals surface area contributed by atoms with Gasteiger partial charge in [-0.3, -0.25) is 4.98 Å². The standard InChI is InChI=1S/C64H45ClN2OS/c1-64(2)58-25-9-7-21-53(58)55-24-12-23-52(62(55)64)42-16-11-18-47(35-42)67(49-36-56(44-17-13-31-66-39-44)63-57(37-49)54-22-8-10-26-59(54)68-63)48-29-27-43-32-40-14-3-5-19-50(40)51-20-6-4-15-41(51)33-45-34-46(65)28-30-60(45)69-61(43)38-48/h3-31,34-39H,32-33H2,1-2H3. The average molecular weight is 926 g/mol. The lowest BCUT2D eigenvalue weighted by Gasteiger charge is -2.29. The summed E-state index contributed by atoms with van der Waals surface area (Å²) in [4.78, 5) is 9.41. The van der Waals surface area contributed by atoms with Crippen LogP contribution < -0.4 is 4.90 Å². The van der Waals surface area contributed by atoms with E-state index in [0.29, 0.717) is 0 Å². The van der Waals surface area contributed by atoms with Crippen molar-refractivity contribution in [1.82, 2.24) is 4.98 Å². The van der Waals surface area contributed by atoms with E-state index in [1.54, 1.807) is 0 Å². The van der Waals surface area contributed by atoms with Crippen LogP contribution in [0.15, 0.2) is 227 Å². The molecule has 1 aliphatic carbocycles. The molecule has 0 saturated carbocycles.